The van der Waals surface area contributed by atoms with E-state index in [1.807, 2.05) is 0 Å². The van der Waals surface area contributed by atoms with Gasteiger partial charge in [0.1, 0.15) is 0 Å². The lowest BCUT2D eigenvalue weighted by Crippen LogP contribution is -2.45. The van der Waals surface area contributed by atoms with Gasteiger partial charge in [-0.15, -0.1) is 0 Å². The Balaban J connectivity index is 2.48. The van der Waals surface area contributed by atoms with Gasteiger partial charge in [0.05, 0.1) is 6.04 Å². The number of halogens is 2. The number of aliphatic hydroxyl groups is 2. The standard InChI is InChI=1S/C12H12F2N2O3/c1-5-9(11(17)18)10(16-12(19)15-5)6-2-3-7(13)8(14)4-6/h2-4,10-11,17-18H,1H3,(H2,15,16,19). The van der Waals surface area contributed by atoms with Gasteiger partial charge in [-0.05, 0) is 24.6 Å². The van der Waals surface area contributed by atoms with Gasteiger partial charge in [-0.1, -0.05) is 6.07 Å². The molecule has 0 radical (unpaired) electrons. The van der Waals surface area contributed by atoms with E-state index < -0.39 is 30.0 Å². The van der Waals surface area contributed by atoms with E-state index in [2.05, 4.69) is 10.6 Å². The lowest BCUT2D eigenvalue weighted by Gasteiger charge is -2.30. The highest BCUT2D eigenvalue weighted by molar-refractivity contribution is 5.78. The van der Waals surface area contributed by atoms with Crippen molar-refractivity contribution in [1.29, 1.82) is 0 Å². The Hall–Kier alpha value is -1.99. The molecule has 1 aliphatic rings. The number of nitrogens with one attached hydrogen (secondary N) is 2. The number of carbonyl (C=O) groups is 1. The maximum atomic E-state index is 13.2. The number of hydrogen-bond acceptors (Lipinski definition) is 3. The third kappa shape index (κ3) is 2.56. The molecular weight excluding hydrogens is 258 g/mol. The Morgan fingerprint density at radius 2 is 1.95 bits per heavy atom. The largest absolute Gasteiger partial charge is 0.364 e. The van der Waals surface area contributed by atoms with Crippen molar-refractivity contribution >= 4 is 6.03 Å². The molecule has 4 N–H and O–H groups in total. The fourth-order valence-corrected chi connectivity index (χ4v) is 2.00. The second kappa shape index (κ2) is 4.94. The van der Waals surface area contributed by atoms with E-state index in [1.165, 1.54) is 13.0 Å². The maximum absolute atomic E-state index is 13.2. The molecule has 0 aromatic heterocycles. The van der Waals surface area contributed by atoms with Crippen LogP contribution in [0, 0.1) is 11.6 Å². The molecule has 0 aliphatic carbocycles. The van der Waals surface area contributed by atoms with Gasteiger partial charge in [-0.2, -0.15) is 0 Å². The van der Waals surface area contributed by atoms with Crippen LogP contribution in [-0.4, -0.2) is 22.5 Å². The molecule has 0 saturated heterocycles. The summed E-state index contributed by atoms with van der Waals surface area (Å²) in [5.41, 5.74) is 0.551. The number of rotatable bonds is 2. The summed E-state index contributed by atoms with van der Waals surface area (Å²) < 4.78 is 26.1. The molecule has 1 aromatic carbocycles. The number of amides is 2. The quantitative estimate of drug-likeness (QED) is 0.603. The lowest BCUT2D eigenvalue weighted by molar-refractivity contribution is -0.0147. The van der Waals surface area contributed by atoms with Crippen LogP contribution in [-0.2, 0) is 0 Å². The summed E-state index contributed by atoms with van der Waals surface area (Å²) >= 11 is 0. The monoisotopic (exact) mass is 270 g/mol. The van der Waals surface area contributed by atoms with Crippen LogP contribution in [0.5, 0.6) is 0 Å². The molecule has 0 bridgehead atoms. The smallest absolute Gasteiger partial charge is 0.319 e. The van der Waals surface area contributed by atoms with Gasteiger partial charge in [0.15, 0.2) is 17.9 Å². The van der Waals surface area contributed by atoms with Crippen LogP contribution in [0.2, 0.25) is 0 Å². The minimum Gasteiger partial charge on any atom is -0.364 e. The van der Waals surface area contributed by atoms with Crippen LogP contribution in [0.1, 0.15) is 18.5 Å². The van der Waals surface area contributed by atoms with E-state index in [-0.39, 0.29) is 16.8 Å². The molecule has 0 spiro atoms. The van der Waals surface area contributed by atoms with Crippen molar-refractivity contribution in [2.45, 2.75) is 19.3 Å². The number of aliphatic hydroxyl groups excluding tert-OH is 1. The average molecular weight is 270 g/mol. The summed E-state index contributed by atoms with van der Waals surface area (Å²) in [5.74, 6) is -2.09. The van der Waals surface area contributed by atoms with E-state index in [1.54, 1.807) is 0 Å². The van der Waals surface area contributed by atoms with Crippen LogP contribution in [0.3, 0.4) is 0 Å². The van der Waals surface area contributed by atoms with Crippen molar-refractivity contribution in [3.05, 3.63) is 46.7 Å². The number of benzene rings is 1. The Morgan fingerprint density at radius 3 is 2.53 bits per heavy atom. The molecule has 7 heteroatoms. The second-order valence-corrected chi connectivity index (χ2v) is 4.16. The highest BCUT2D eigenvalue weighted by Gasteiger charge is 2.30. The lowest BCUT2D eigenvalue weighted by atomic mass is 9.95. The van der Waals surface area contributed by atoms with Gasteiger partial charge in [0, 0.05) is 11.3 Å². The Bertz CT molecular complexity index is 558. The zero-order chi connectivity index (χ0) is 14.2. The van der Waals surface area contributed by atoms with Gasteiger partial charge in [0.2, 0.25) is 0 Å². The summed E-state index contributed by atoms with van der Waals surface area (Å²) in [5, 5.41) is 23.5. The summed E-state index contributed by atoms with van der Waals surface area (Å²) in [6.07, 6.45) is -1.83. The first-order valence-corrected chi connectivity index (χ1v) is 5.49. The maximum Gasteiger partial charge on any atom is 0.319 e. The molecule has 1 unspecified atom stereocenters. The van der Waals surface area contributed by atoms with Crippen molar-refractivity contribution in [2.24, 2.45) is 0 Å². The van der Waals surface area contributed by atoms with Gasteiger partial charge < -0.3 is 20.8 Å². The van der Waals surface area contributed by atoms with Crippen LogP contribution in [0.25, 0.3) is 0 Å². The van der Waals surface area contributed by atoms with Crippen LogP contribution < -0.4 is 10.6 Å². The minimum atomic E-state index is -1.83. The molecule has 19 heavy (non-hydrogen) atoms. The number of urea groups is 1. The molecule has 1 aromatic rings. The Morgan fingerprint density at radius 1 is 1.26 bits per heavy atom. The average Bonchev–Trinajstić information content (AvgIpc) is 2.31. The Kier molecular flexibility index (Phi) is 3.50. The first-order chi connectivity index (χ1) is 8.90. The normalized spacial score (nSPS) is 19.5. The second-order valence-electron chi connectivity index (χ2n) is 4.16. The summed E-state index contributed by atoms with van der Waals surface area (Å²) in [6, 6.07) is 1.60. The summed E-state index contributed by atoms with van der Waals surface area (Å²) in [4.78, 5) is 11.4. The van der Waals surface area contributed by atoms with Crippen molar-refractivity contribution in [2.75, 3.05) is 0 Å². The van der Waals surface area contributed by atoms with Gasteiger partial charge in [-0.3, -0.25) is 0 Å². The zero-order valence-corrected chi connectivity index (χ0v) is 9.95. The van der Waals surface area contributed by atoms with Crippen LogP contribution in [0.15, 0.2) is 29.5 Å². The molecule has 0 saturated carbocycles. The molecule has 1 aliphatic heterocycles. The fraction of sp³-hybridized carbons (Fsp3) is 0.250. The molecule has 2 amide bonds. The number of allylic oxidation sites excluding steroid dienone is 1. The van der Waals surface area contributed by atoms with E-state index >= 15 is 0 Å². The SMILES string of the molecule is CC1=C(C(O)O)C(c2ccc(F)c(F)c2)NC(=O)N1. The molecule has 1 heterocycles. The summed E-state index contributed by atoms with van der Waals surface area (Å²) in [7, 11) is 0. The van der Waals surface area contributed by atoms with Crippen LogP contribution >= 0.6 is 0 Å². The molecule has 1 atom stereocenters. The van der Waals surface area contributed by atoms with Crippen LogP contribution in [0.4, 0.5) is 13.6 Å². The van der Waals surface area contributed by atoms with E-state index in [0.29, 0.717) is 0 Å². The predicted octanol–water partition coefficient (Wildman–Crippen LogP) is 0.903. The topological polar surface area (TPSA) is 81.6 Å². The highest BCUT2D eigenvalue weighted by atomic mass is 19.2. The van der Waals surface area contributed by atoms with Gasteiger partial charge in [-0.25, -0.2) is 13.6 Å². The van der Waals surface area contributed by atoms with Crippen molar-refractivity contribution in [3.63, 3.8) is 0 Å². The van der Waals surface area contributed by atoms with Crippen molar-refractivity contribution in [3.8, 4) is 0 Å². The van der Waals surface area contributed by atoms with Gasteiger partial charge >= 0.3 is 6.03 Å². The summed E-state index contributed by atoms with van der Waals surface area (Å²) in [6.45, 7) is 1.49. The third-order valence-corrected chi connectivity index (χ3v) is 2.88. The zero-order valence-electron chi connectivity index (χ0n) is 9.95. The molecule has 102 valence electrons. The van der Waals surface area contributed by atoms with Crippen molar-refractivity contribution < 1.29 is 23.8 Å². The first kappa shape index (κ1) is 13.4. The first-order valence-electron chi connectivity index (χ1n) is 5.49. The molecule has 5 nitrogen and oxygen atoms in total. The molecule has 2 rings (SSSR count). The Labute approximate surface area is 107 Å². The highest BCUT2D eigenvalue weighted by Crippen LogP contribution is 2.29. The number of hydrogen-bond donors (Lipinski definition) is 4. The minimum absolute atomic E-state index is 0.0746. The fourth-order valence-electron chi connectivity index (χ4n) is 2.00. The number of carbonyl (C=O) groups excluding carboxylic acids is 1. The van der Waals surface area contributed by atoms with Crippen molar-refractivity contribution in [1.82, 2.24) is 10.6 Å². The predicted molar refractivity (Wildman–Crippen MR) is 61.7 cm³/mol. The van der Waals surface area contributed by atoms with E-state index in [0.717, 1.165) is 12.1 Å². The third-order valence-electron chi connectivity index (χ3n) is 2.88. The molecule has 0 fully saturated rings. The van der Waals surface area contributed by atoms with Gasteiger partial charge in [0.25, 0.3) is 0 Å². The molecular formula is C12H12F2N2O3. The van der Waals surface area contributed by atoms with E-state index in [9.17, 15) is 23.8 Å². The van der Waals surface area contributed by atoms with E-state index in [4.69, 9.17) is 0 Å².